The van der Waals surface area contributed by atoms with Crippen molar-refractivity contribution in [1.29, 1.82) is 0 Å². The van der Waals surface area contributed by atoms with Crippen LogP contribution >= 0.6 is 11.6 Å². The Labute approximate surface area is 173 Å². The topological polar surface area (TPSA) is 82.5 Å². The highest BCUT2D eigenvalue weighted by Crippen LogP contribution is 2.40. The minimum Gasteiger partial charge on any atom is -0.490 e. The maximum atomic E-state index is 14.8. The van der Waals surface area contributed by atoms with E-state index in [-0.39, 0.29) is 40.6 Å². The highest BCUT2D eigenvalue weighted by atomic mass is 35.5. The van der Waals surface area contributed by atoms with E-state index in [1.807, 2.05) is 32.1 Å². The van der Waals surface area contributed by atoms with Gasteiger partial charge in [0.05, 0.1) is 22.4 Å². The molecule has 1 unspecified atom stereocenters. The minimum absolute atomic E-state index is 0.116. The van der Waals surface area contributed by atoms with E-state index in [1.54, 1.807) is 19.3 Å². The molecule has 0 aliphatic heterocycles. The zero-order valence-electron chi connectivity index (χ0n) is 17.1. The Bertz CT molecular complexity index is 1090. The zero-order chi connectivity index (χ0) is 21.5. The number of halogens is 2. The molecule has 0 bridgehead atoms. The van der Waals surface area contributed by atoms with Crippen LogP contribution in [-0.2, 0) is 0 Å². The molecule has 3 rings (SSSR count). The number of imidazole rings is 1. The second kappa shape index (κ2) is 7.99. The lowest BCUT2D eigenvalue weighted by molar-refractivity contribution is 0.0977. The van der Waals surface area contributed by atoms with E-state index < -0.39 is 5.82 Å². The van der Waals surface area contributed by atoms with Gasteiger partial charge in [-0.2, -0.15) is 0 Å². The first-order valence-corrected chi connectivity index (χ1v) is 9.85. The first-order chi connectivity index (χ1) is 13.7. The molecule has 1 atom stereocenters. The molecule has 2 N–H and O–H groups in total. The van der Waals surface area contributed by atoms with Crippen molar-refractivity contribution in [2.24, 2.45) is 0 Å². The van der Waals surface area contributed by atoms with Gasteiger partial charge in [-0.05, 0) is 26.8 Å². The Morgan fingerprint density at radius 2 is 2.07 bits per heavy atom. The molecule has 6 nitrogen and oxygen atoms in total. The fraction of sp³-hybridized carbons (Fsp3) is 0.381. The maximum absolute atomic E-state index is 14.8. The van der Waals surface area contributed by atoms with Gasteiger partial charge in [-0.25, -0.2) is 14.4 Å². The number of benzene rings is 1. The van der Waals surface area contributed by atoms with Crippen molar-refractivity contribution in [3.8, 4) is 5.75 Å². The molecule has 1 aromatic carbocycles. The quantitative estimate of drug-likeness (QED) is 0.573. The molecule has 2 heterocycles. The molecular weight excluding hydrogens is 395 g/mol. The molecular formula is C21H24ClFN4O2. The number of anilines is 1. The summed E-state index contributed by atoms with van der Waals surface area (Å²) < 4.78 is 22.6. The van der Waals surface area contributed by atoms with Crippen LogP contribution in [0.15, 0.2) is 18.5 Å². The third-order valence-electron chi connectivity index (χ3n) is 4.79. The first-order valence-electron chi connectivity index (χ1n) is 9.48. The number of aromatic nitrogens is 3. The highest BCUT2D eigenvalue weighted by molar-refractivity contribution is 6.31. The molecule has 0 saturated heterocycles. The van der Waals surface area contributed by atoms with Crippen molar-refractivity contribution < 1.29 is 13.9 Å². The van der Waals surface area contributed by atoms with Gasteiger partial charge in [-0.3, -0.25) is 9.20 Å². The van der Waals surface area contributed by atoms with Crippen LogP contribution in [-0.4, -0.2) is 26.3 Å². The third kappa shape index (κ3) is 3.67. The lowest BCUT2D eigenvalue weighted by Crippen LogP contribution is -2.16. The van der Waals surface area contributed by atoms with Crippen molar-refractivity contribution in [2.75, 3.05) is 5.73 Å². The Hall–Kier alpha value is -2.67. The summed E-state index contributed by atoms with van der Waals surface area (Å²) in [5.74, 6) is -0.244. The summed E-state index contributed by atoms with van der Waals surface area (Å²) >= 11 is 6.17. The second-order valence-electron chi connectivity index (χ2n) is 7.22. The number of fused-ring (bicyclic) bond motifs is 1. The van der Waals surface area contributed by atoms with E-state index in [0.29, 0.717) is 22.7 Å². The Kier molecular flexibility index (Phi) is 5.80. The molecule has 0 aliphatic carbocycles. The largest absolute Gasteiger partial charge is 0.490 e. The number of hydrogen-bond acceptors (Lipinski definition) is 5. The lowest BCUT2D eigenvalue weighted by Gasteiger charge is -2.22. The number of Topliss-reactive ketones (excluding diaryl/α,β-unsaturated/α-hetero) is 1. The number of carbonyl (C=O) groups excluding carboxylic acids is 1. The van der Waals surface area contributed by atoms with Gasteiger partial charge in [0.15, 0.2) is 11.6 Å². The number of rotatable bonds is 6. The van der Waals surface area contributed by atoms with Gasteiger partial charge >= 0.3 is 0 Å². The summed E-state index contributed by atoms with van der Waals surface area (Å²) in [6.45, 7) is 9.07. The van der Waals surface area contributed by atoms with Gasteiger partial charge in [0.2, 0.25) is 0 Å². The van der Waals surface area contributed by atoms with Crippen molar-refractivity contribution in [2.45, 2.75) is 53.1 Å². The summed E-state index contributed by atoms with van der Waals surface area (Å²) in [6.07, 6.45) is 3.23. The van der Waals surface area contributed by atoms with Crippen LogP contribution in [0.2, 0.25) is 5.02 Å². The van der Waals surface area contributed by atoms with E-state index in [2.05, 4.69) is 9.97 Å². The summed E-state index contributed by atoms with van der Waals surface area (Å²) in [5, 5.41) is -0.126. The van der Waals surface area contributed by atoms with E-state index in [9.17, 15) is 9.18 Å². The Balaban J connectivity index is 2.29. The van der Waals surface area contributed by atoms with Crippen LogP contribution in [0.5, 0.6) is 5.75 Å². The fourth-order valence-electron chi connectivity index (χ4n) is 3.45. The molecule has 3 aromatic rings. The van der Waals surface area contributed by atoms with Crippen LogP contribution < -0.4 is 10.5 Å². The van der Waals surface area contributed by atoms with E-state index in [4.69, 9.17) is 22.1 Å². The van der Waals surface area contributed by atoms with Crippen molar-refractivity contribution in [3.63, 3.8) is 0 Å². The van der Waals surface area contributed by atoms with Gasteiger partial charge in [0.1, 0.15) is 22.9 Å². The Morgan fingerprint density at radius 3 is 2.69 bits per heavy atom. The van der Waals surface area contributed by atoms with Gasteiger partial charge < -0.3 is 10.5 Å². The van der Waals surface area contributed by atoms with Crippen LogP contribution in [0.25, 0.3) is 5.52 Å². The SMILES string of the molecule is CCC(=O)c1c(F)c(Cl)cc(C(C)c2nc(C)c3c(N)nccn23)c1OC(C)C. The first kappa shape index (κ1) is 21.0. The van der Waals surface area contributed by atoms with Crippen molar-refractivity contribution in [3.05, 3.63) is 51.9 Å². The molecule has 0 fully saturated rings. The molecule has 2 aromatic heterocycles. The molecule has 0 amide bonds. The van der Waals surface area contributed by atoms with E-state index in [0.717, 1.165) is 5.69 Å². The predicted octanol–water partition coefficient (Wildman–Crippen LogP) is 4.94. The summed E-state index contributed by atoms with van der Waals surface area (Å²) in [4.78, 5) is 21.3. The minimum atomic E-state index is -0.761. The zero-order valence-corrected chi connectivity index (χ0v) is 17.8. The number of nitrogens with two attached hydrogens (primary N) is 1. The van der Waals surface area contributed by atoms with Crippen LogP contribution in [0, 0.1) is 12.7 Å². The van der Waals surface area contributed by atoms with Gasteiger partial charge in [-0.15, -0.1) is 0 Å². The fourth-order valence-corrected chi connectivity index (χ4v) is 3.66. The lowest BCUT2D eigenvalue weighted by atomic mass is 9.94. The van der Waals surface area contributed by atoms with E-state index >= 15 is 0 Å². The van der Waals surface area contributed by atoms with Gasteiger partial charge in [0.25, 0.3) is 0 Å². The summed E-state index contributed by atoms with van der Waals surface area (Å²) in [5.41, 5.74) is 7.92. The number of aryl methyl sites for hydroxylation is 1. The Morgan fingerprint density at radius 1 is 1.38 bits per heavy atom. The summed E-state index contributed by atoms with van der Waals surface area (Å²) in [7, 11) is 0. The van der Waals surface area contributed by atoms with Crippen molar-refractivity contribution >= 4 is 28.7 Å². The van der Waals surface area contributed by atoms with Gasteiger partial charge in [-0.1, -0.05) is 25.4 Å². The third-order valence-corrected chi connectivity index (χ3v) is 5.07. The number of carbonyl (C=O) groups is 1. The van der Waals surface area contributed by atoms with Crippen LogP contribution in [0.3, 0.4) is 0 Å². The molecule has 8 heteroatoms. The number of ketones is 1. The number of hydrogen-bond donors (Lipinski definition) is 1. The standard InChI is InChI=1S/C21H24ClFN4O2/c1-6-15(28)16-17(23)14(22)9-13(19(16)29-10(2)3)11(4)21-26-12(5)18-20(24)25-7-8-27(18)21/h7-11H,6H2,1-5H3,(H2,24,25). The second-order valence-corrected chi connectivity index (χ2v) is 7.62. The molecule has 0 saturated carbocycles. The molecule has 0 radical (unpaired) electrons. The van der Waals surface area contributed by atoms with Crippen LogP contribution in [0.1, 0.15) is 67.5 Å². The normalized spacial score (nSPS) is 12.6. The average Bonchev–Trinajstić information content (AvgIpc) is 3.01. The summed E-state index contributed by atoms with van der Waals surface area (Å²) in [6, 6.07) is 1.51. The van der Waals surface area contributed by atoms with E-state index in [1.165, 1.54) is 6.07 Å². The number of nitrogen functional groups attached to an aromatic ring is 1. The monoisotopic (exact) mass is 418 g/mol. The average molecular weight is 419 g/mol. The molecule has 0 aliphatic rings. The van der Waals surface area contributed by atoms with Gasteiger partial charge in [0, 0.05) is 30.3 Å². The number of nitrogens with zero attached hydrogens (tertiary/aromatic N) is 3. The number of ether oxygens (including phenoxy) is 1. The smallest absolute Gasteiger partial charge is 0.169 e. The molecule has 0 spiro atoms. The molecule has 29 heavy (non-hydrogen) atoms. The predicted molar refractivity (Wildman–Crippen MR) is 111 cm³/mol. The van der Waals surface area contributed by atoms with Crippen LogP contribution in [0.4, 0.5) is 10.2 Å². The van der Waals surface area contributed by atoms with Crippen molar-refractivity contribution in [1.82, 2.24) is 14.4 Å². The molecule has 154 valence electrons. The highest BCUT2D eigenvalue weighted by Gasteiger charge is 2.29. The maximum Gasteiger partial charge on any atom is 0.169 e.